The summed E-state index contributed by atoms with van der Waals surface area (Å²) >= 11 is 3.21. The first kappa shape index (κ1) is 17.3. The maximum Gasteiger partial charge on any atom is 0.254 e. The zero-order valence-corrected chi connectivity index (χ0v) is 16.1. The van der Waals surface area contributed by atoms with Crippen molar-refractivity contribution < 1.29 is 4.79 Å². The van der Waals surface area contributed by atoms with Gasteiger partial charge in [-0.05, 0) is 43.4 Å². The molecule has 0 saturated carbocycles. The van der Waals surface area contributed by atoms with Crippen molar-refractivity contribution in [3.8, 4) is 0 Å². The van der Waals surface area contributed by atoms with Gasteiger partial charge < -0.3 is 10.2 Å². The Labute approximate surface area is 160 Å². The number of carbonyl (C=O) groups excluding carboxylic acids is 1. The fourth-order valence-electron chi connectivity index (χ4n) is 3.25. The molecule has 1 unspecified atom stereocenters. The number of benzene rings is 1. The molecule has 1 aromatic carbocycles. The third kappa shape index (κ3) is 3.54. The second-order valence-corrected chi connectivity index (χ2v) is 8.09. The summed E-state index contributed by atoms with van der Waals surface area (Å²) in [4.78, 5) is 24.0. The van der Waals surface area contributed by atoms with Gasteiger partial charge in [0, 0.05) is 25.3 Å². The highest BCUT2D eigenvalue weighted by Crippen LogP contribution is 2.30. The average Bonchev–Trinajstić information content (AvgIpc) is 3.12. The molecular weight excluding hydrogens is 364 g/mol. The number of hydrogen-bond acceptors (Lipinski definition) is 6. The van der Waals surface area contributed by atoms with Crippen molar-refractivity contribution in [2.45, 2.75) is 23.9 Å². The quantitative estimate of drug-likeness (QED) is 0.693. The maximum atomic E-state index is 12.7. The fourth-order valence-corrected chi connectivity index (χ4v) is 4.80. The molecule has 3 heterocycles. The van der Waals surface area contributed by atoms with Gasteiger partial charge in [0.25, 0.3) is 5.91 Å². The van der Waals surface area contributed by atoms with Crippen molar-refractivity contribution in [1.29, 1.82) is 0 Å². The summed E-state index contributed by atoms with van der Waals surface area (Å²) in [6.07, 6.45) is 5.69. The Morgan fingerprint density at radius 1 is 1.31 bits per heavy atom. The molecule has 0 aliphatic carbocycles. The minimum absolute atomic E-state index is 0.0430. The summed E-state index contributed by atoms with van der Waals surface area (Å²) < 4.78 is 1.20. The molecule has 0 spiro atoms. The van der Waals surface area contributed by atoms with Crippen LogP contribution in [0.1, 0.15) is 23.2 Å². The van der Waals surface area contributed by atoms with Crippen LogP contribution in [0.4, 0.5) is 5.13 Å². The van der Waals surface area contributed by atoms with Gasteiger partial charge >= 0.3 is 0 Å². The molecule has 1 N–H and O–H groups in total. The van der Waals surface area contributed by atoms with E-state index in [0.717, 1.165) is 41.6 Å². The Kier molecular flexibility index (Phi) is 5.08. The number of carbonyl (C=O) groups is 1. The Bertz CT molecular complexity index is 894. The van der Waals surface area contributed by atoms with Crippen LogP contribution >= 0.6 is 23.1 Å². The number of hydrogen-bond donors (Lipinski definition) is 1. The predicted octanol–water partition coefficient (Wildman–Crippen LogP) is 3.81. The second-order valence-electron chi connectivity index (χ2n) is 6.28. The molecule has 26 heavy (non-hydrogen) atoms. The van der Waals surface area contributed by atoms with Gasteiger partial charge in [0.1, 0.15) is 5.03 Å². The number of thioether (sulfide) groups is 1. The number of thiazole rings is 1. The highest BCUT2D eigenvalue weighted by atomic mass is 32.2. The number of fused-ring (bicyclic) bond motifs is 1. The standard InChI is InChI=1S/C19H20N4OS2/c1-25-18-14(7-4-10-20-18)17(24)21-13-6-5-11-23(12-13)19-22-15-8-2-3-9-16(15)26-19/h2-4,7-10,13H,5-6,11-12H2,1H3,(H,21,24). The molecule has 1 atom stereocenters. The number of amides is 1. The van der Waals surface area contributed by atoms with Crippen molar-refractivity contribution in [3.63, 3.8) is 0 Å². The average molecular weight is 385 g/mol. The van der Waals surface area contributed by atoms with Crippen molar-refractivity contribution in [3.05, 3.63) is 48.2 Å². The van der Waals surface area contributed by atoms with Gasteiger partial charge in [0.15, 0.2) is 5.13 Å². The van der Waals surface area contributed by atoms with Gasteiger partial charge in [-0.15, -0.1) is 11.8 Å². The molecule has 134 valence electrons. The van der Waals surface area contributed by atoms with Crippen LogP contribution in [0.3, 0.4) is 0 Å². The van der Waals surface area contributed by atoms with E-state index in [0.29, 0.717) is 5.56 Å². The number of rotatable bonds is 4. The van der Waals surface area contributed by atoms with Crippen LogP contribution in [0.2, 0.25) is 0 Å². The first-order chi connectivity index (χ1) is 12.7. The van der Waals surface area contributed by atoms with E-state index >= 15 is 0 Å². The van der Waals surface area contributed by atoms with Crippen molar-refractivity contribution >= 4 is 44.4 Å². The summed E-state index contributed by atoms with van der Waals surface area (Å²) in [6, 6.07) is 12.0. The molecule has 1 amide bonds. The molecule has 0 bridgehead atoms. The lowest BCUT2D eigenvalue weighted by Gasteiger charge is -2.33. The van der Waals surface area contributed by atoms with Crippen LogP contribution in [0.5, 0.6) is 0 Å². The highest BCUT2D eigenvalue weighted by Gasteiger charge is 2.24. The Morgan fingerprint density at radius 3 is 3.04 bits per heavy atom. The lowest BCUT2D eigenvalue weighted by Crippen LogP contribution is -2.48. The SMILES string of the molecule is CSc1ncccc1C(=O)NC1CCCN(c2nc3ccccc3s2)C1. The molecular formula is C19H20N4OS2. The number of nitrogens with zero attached hydrogens (tertiary/aromatic N) is 3. The van der Waals surface area contributed by atoms with Crippen molar-refractivity contribution in [2.24, 2.45) is 0 Å². The second kappa shape index (κ2) is 7.63. The van der Waals surface area contributed by atoms with E-state index < -0.39 is 0 Å². The van der Waals surface area contributed by atoms with E-state index in [2.05, 4.69) is 21.3 Å². The number of pyridine rings is 1. The van der Waals surface area contributed by atoms with Gasteiger partial charge in [-0.2, -0.15) is 0 Å². The molecule has 4 rings (SSSR count). The molecule has 3 aromatic rings. The van der Waals surface area contributed by atoms with Gasteiger partial charge in [0.05, 0.1) is 15.8 Å². The zero-order valence-electron chi connectivity index (χ0n) is 14.5. The molecule has 5 nitrogen and oxygen atoms in total. The highest BCUT2D eigenvalue weighted by molar-refractivity contribution is 7.98. The van der Waals surface area contributed by atoms with Gasteiger partial charge in [-0.1, -0.05) is 23.5 Å². The van der Waals surface area contributed by atoms with Crippen LogP contribution in [0.15, 0.2) is 47.6 Å². The monoisotopic (exact) mass is 384 g/mol. The normalized spacial score (nSPS) is 17.4. The van der Waals surface area contributed by atoms with Gasteiger partial charge in [0.2, 0.25) is 0 Å². The number of para-hydroxylation sites is 1. The molecule has 1 aliphatic heterocycles. The Balaban J connectivity index is 1.47. The van der Waals surface area contributed by atoms with Crippen molar-refractivity contribution in [2.75, 3.05) is 24.2 Å². The number of nitrogens with one attached hydrogen (secondary N) is 1. The lowest BCUT2D eigenvalue weighted by molar-refractivity contribution is 0.0929. The van der Waals surface area contributed by atoms with E-state index in [9.17, 15) is 4.79 Å². The minimum atomic E-state index is -0.0430. The summed E-state index contributed by atoms with van der Waals surface area (Å²) in [7, 11) is 0. The molecule has 1 saturated heterocycles. The van der Waals surface area contributed by atoms with E-state index in [1.54, 1.807) is 17.5 Å². The first-order valence-electron chi connectivity index (χ1n) is 8.65. The predicted molar refractivity (Wildman–Crippen MR) is 108 cm³/mol. The lowest BCUT2D eigenvalue weighted by atomic mass is 10.1. The third-order valence-electron chi connectivity index (χ3n) is 4.52. The maximum absolute atomic E-state index is 12.7. The molecule has 1 aliphatic rings. The third-order valence-corrected chi connectivity index (χ3v) is 6.33. The topological polar surface area (TPSA) is 58.1 Å². The van der Waals surface area contributed by atoms with E-state index in [4.69, 9.17) is 4.98 Å². The van der Waals surface area contributed by atoms with Gasteiger partial charge in [-0.25, -0.2) is 9.97 Å². The summed E-state index contributed by atoms with van der Waals surface area (Å²) in [6.45, 7) is 1.77. The summed E-state index contributed by atoms with van der Waals surface area (Å²) in [5.74, 6) is -0.0430. The van der Waals surface area contributed by atoms with Crippen LogP contribution in [-0.2, 0) is 0 Å². The fraction of sp³-hybridized carbons (Fsp3) is 0.316. The smallest absolute Gasteiger partial charge is 0.254 e. The molecule has 1 fully saturated rings. The van der Waals surface area contributed by atoms with E-state index in [1.165, 1.54) is 16.5 Å². The minimum Gasteiger partial charge on any atom is -0.347 e. The van der Waals surface area contributed by atoms with Crippen LogP contribution in [0, 0.1) is 0 Å². The van der Waals surface area contributed by atoms with E-state index in [1.807, 2.05) is 36.6 Å². The number of anilines is 1. The van der Waals surface area contributed by atoms with Gasteiger partial charge in [-0.3, -0.25) is 4.79 Å². The summed E-state index contributed by atoms with van der Waals surface area (Å²) in [5.41, 5.74) is 1.69. The molecule has 7 heteroatoms. The van der Waals surface area contributed by atoms with Crippen LogP contribution in [0.25, 0.3) is 10.2 Å². The Hall–Kier alpha value is -2.12. The zero-order chi connectivity index (χ0) is 17.9. The number of piperidine rings is 1. The van der Waals surface area contributed by atoms with Crippen LogP contribution < -0.4 is 10.2 Å². The molecule has 0 radical (unpaired) electrons. The van der Waals surface area contributed by atoms with Crippen molar-refractivity contribution in [1.82, 2.24) is 15.3 Å². The molecule has 2 aromatic heterocycles. The first-order valence-corrected chi connectivity index (χ1v) is 10.7. The van der Waals surface area contributed by atoms with E-state index in [-0.39, 0.29) is 11.9 Å². The summed E-state index contributed by atoms with van der Waals surface area (Å²) in [5, 5.41) is 4.99. The Morgan fingerprint density at radius 2 is 2.19 bits per heavy atom. The van der Waals surface area contributed by atoms with Crippen LogP contribution in [-0.4, -0.2) is 41.3 Å². The largest absolute Gasteiger partial charge is 0.347 e. The number of aromatic nitrogens is 2.